The molecular weight excluding hydrogens is 393 g/mol. The molecule has 116 valence electrons. The average molecular weight is 400 g/mol. The van der Waals surface area contributed by atoms with Crippen LogP contribution in [-0.2, 0) is 4.74 Å². The molecule has 0 radical (unpaired) electrons. The molecule has 0 spiro atoms. The smallest absolute Gasteiger partial charge is 0.340 e. The molecule has 0 amide bonds. The number of nitrogens with two attached hydrogens (primary N) is 1. The van der Waals surface area contributed by atoms with Crippen molar-refractivity contribution in [2.75, 3.05) is 12.8 Å². The molecule has 0 aliphatic carbocycles. The molecule has 1 aromatic heterocycles. The molecule has 0 aliphatic heterocycles. The van der Waals surface area contributed by atoms with Gasteiger partial charge in [0, 0.05) is 5.56 Å². The lowest BCUT2D eigenvalue weighted by Gasteiger charge is -2.14. The lowest BCUT2D eigenvalue weighted by molar-refractivity contribution is 0.0601. The summed E-state index contributed by atoms with van der Waals surface area (Å²) >= 11 is 30.4. The van der Waals surface area contributed by atoms with Crippen LogP contribution < -0.4 is 5.73 Å². The van der Waals surface area contributed by atoms with Crippen molar-refractivity contribution >= 4 is 69.7 Å². The zero-order valence-electron chi connectivity index (χ0n) is 10.9. The first-order valence-electron chi connectivity index (χ1n) is 5.65. The third-order valence-corrected chi connectivity index (χ3v) is 5.04. The fourth-order valence-electron chi connectivity index (χ4n) is 1.76. The Morgan fingerprint density at radius 1 is 1.05 bits per heavy atom. The Bertz CT molecular complexity index is 751. The largest absolute Gasteiger partial charge is 0.465 e. The maximum atomic E-state index is 11.9. The number of hydrogen-bond acceptors (Lipinski definition) is 4. The number of nitrogen functional groups attached to an aromatic ring is 1. The van der Waals surface area contributed by atoms with Gasteiger partial charge in [0.1, 0.15) is 0 Å². The van der Waals surface area contributed by atoms with E-state index in [1.54, 1.807) is 0 Å². The second-order valence-electron chi connectivity index (χ2n) is 4.10. The number of pyridine rings is 1. The number of ether oxygens (including phenoxy) is 1. The van der Waals surface area contributed by atoms with E-state index in [1.807, 2.05) is 0 Å². The van der Waals surface area contributed by atoms with Crippen molar-refractivity contribution in [2.45, 2.75) is 0 Å². The molecule has 22 heavy (non-hydrogen) atoms. The third kappa shape index (κ3) is 2.94. The molecule has 2 N–H and O–H groups in total. The monoisotopic (exact) mass is 398 g/mol. The molecule has 0 bridgehead atoms. The fourth-order valence-corrected chi connectivity index (χ4v) is 3.08. The molecule has 2 aromatic rings. The van der Waals surface area contributed by atoms with Crippen molar-refractivity contribution < 1.29 is 9.53 Å². The molecule has 1 heterocycles. The summed E-state index contributed by atoms with van der Waals surface area (Å²) in [5.74, 6) is -0.663. The lowest BCUT2D eigenvalue weighted by Crippen LogP contribution is -2.07. The third-order valence-electron chi connectivity index (χ3n) is 2.76. The highest BCUT2D eigenvalue weighted by molar-refractivity contribution is 6.56. The van der Waals surface area contributed by atoms with Crippen LogP contribution >= 0.6 is 58.0 Å². The van der Waals surface area contributed by atoms with E-state index in [-0.39, 0.29) is 47.6 Å². The van der Waals surface area contributed by atoms with Gasteiger partial charge in [-0.15, -0.1) is 0 Å². The number of anilines is 1. The Kier molecular flexibility index (Phi) is 5.30. The Morgan fingerprint density at radius 3 is 2.05 bits per heavy atom. The molecule has 0 atom stereocenters. The van der Waals surface area contributed by atoms with Gasteiger partial charge in [0.15, 0.2) is 0 Å². The highest BCUT2D eigenvalue weighted by Crippen LogP contribution is 2.48. The van der Waals surface area contributed by atoms with E-state index >= 15 is 0 Å². The Morgan fingerprint density at radius 2 is 1.55 bits per heavy atom. The van der Waals surface area contributed by atoms with E-state index < -0.39 is 5.97 Å². The van der Waals surface area contributed by atoms with Gasteiger partial charge >= 0.3 is 5.97 Å². The summed E-state index contributed by atoms with van der Waals surface area (Å²) in [6, 6.07) is 1.39. The summed E-state index contributed by atoms with van der Waals surface area (Å²) in [6.07, 6.45) is 1.34. The van der Waals surface area contributed by atoms with Crippen LogP contribution in [0.5, 0.6) is 0 Å². The maximum absolute atomic E-state index is 11.9. The van der Waals surface area contributed by atoms with Crippen LogP contribution in [0, 0.1) is 0 Å². The first-order chi connectivity index (χ1) is 10.3. The lowest BCUT2D eigenvalue weighted by atomic mass is 10.0. The molecule has 0 aliphatic rings. The Hall–Kier alpha value is -0.910. The van der Waals surface area contributed by atoms with Gasteiger partial charge in [-0.2, -0.15) is 0 Å². The summed E-state index contributed by atoms with van der Waals surface area (Å²) in [4.78, 5) is 16.0. The van der Waals surface area contributed by atoms with Gasteiger partial charge in [0.05, 0.1) is 55.4 Å². The van der Waals surface area contributed by atoms with Crippen molar-refractivity contribution in [1.29, 1.82) is 0 Å². The van der Waals surface area contributed by atoms with Gasteiger partial charge in [0.25, 0.3) is 0 Å². The minimum Gasteiger partial charge on any atom is -0.465 e. The van der Waals surface area contributed by atoms with Gasteiger partial charge in [-0.1, -0.05) is 58.0 Å². The molecule has 2 rings (SSSR count). The van der Waals surface area contributed by atoms with Gasteiger partial charge in [-0.3, -0.25) is 4.98 Å². The maximum Gasteiger partial charge on any atom is 0.340 e. The second kappa shape index (κ2) is 6.69. The zero-order chi connectivity index (χ0) is 16.6. The molecular formula is C13H7Cl5N2O2. The number of aromatic nitrogens is 1. The summed E-state index contributed by atoms with van der Waals surface area (Å²) in [5, 5.41) is 0.0495. The van der Waals surface area contributed by atoms with E-state index in [0.29, 0.717) is 0 Å². The number of esters is 1. The number of halogens is 5. The average Bonchev–Trinajstić information content (AvgIpc) is 2.51. The van der Waals surface area contributed by atoms with E-state index in [1.165, 1.54) is 19.4 Å². The van der Waals surface area contributed by atoms with E-state index in [2.05, 4.69) is 4.98 Å². The van der Waals surface area contributed by atoms with Crippen molar-refractivity contribution in [3.8, 4) is 11.3 Å². The number of hydrogen-bond donors (Lipinski definition) is 1. The fraction of sp³-hybridized carbons (Fsp3) is 0.0769. The molecule has 0 saturated carbocycles. The SMILES string of the molecule is COC(=O)c1cc(N)cnc1-c1c(Cl)c(Cl)c(Cl)c(Cl)c1Cl. The first kappa shape index (κ1) is 17.4. The zero-order valence-corrected chi connectivity index (χ0v) is 14.7. The topological polar surface area (TPSA) is 65.2 Å². The van der Waals surface area contributed by atoms with Crippen molar-refractivity contribution in [3.05, 3.63) is 42.9 Å². The minimum atomic E-state index is -0.663. The molecule has 0 unspecified atom stereocenters. The highest BCUT2D eigenvalue weighted by atomic mass is 35.5. The minimum absolute atomic E-state index is 0.00201. The number of carbonyl (C=O) groups excluding carboxylic acids is 1. The Balaban J connectivity index is 2.86. The van der Waals surface area contributed by atoms with Gasteiger partial charge in [-0.25, -0.2) is 4.79 Å². The number of rotatable bonds is 2. The highest BCUT2D eigenvalue weighted by Gasteiger charge is 2.25. The van der Waals surface area contributed by atoms with Crippen LogP contribution in [0.15, 0.2) is 12.3 Å². The van der Waals surface area contributed by atoms with Crippen molar-refractivity contribution in [1.82, 2.24) is 4.98 Å². The first-order valence-corrected chi connectivity index (χ1v) is 7.54. The number of carbonyl (C=O) groups is 1. The van der Waals surface area contributed by atoms with Crippen molar-refractivity contribution in [3.63, 3.8) is 0 Å². The second-order valence-corrected chi connectivity index (χ2v) is 5.99. The van der Waals surface area contributed by atoms with Gasteiger partial charge in [0.2, 0.25) is 0 Å². The van der Waals surface area contributed by atoms with Gasteiger partial charge in [-0.05, 0) is 6.07 Å². The van der Waals surface area contributed by atoms with E-state index in [9.17, 15) is 4.79 Å². The summed E-state index contributed by atoms with van der Waals surface area (Å²) < 4.78 is 4.70. The van der Waals surface area contributed by atoms with Crippen LogP contribution in [0.3, 0.4) is 0 Å². The van der Waals surface area contributed by atoms with Crippen LogP contribution in [0.25, 0.3) is 11.3 Å². The van der Waals surface area contributed by atoms with Crippen LogP contribution in [0.2, 0.25) is 25.1 Å². The van der Waals surface area contributed by atoms with Crippen LogP contribution in [-0.4, -0.2) is 18.1 Å². The predicted molar refractivity (Wildman–Crippen MR) is 90.5 cm³/mol. The standard InChI is InChI=1S/C13H7Cl5N2O2/c1-22-13(21)5-2-4(19)3-20-12(5)6-7(14)9(16)11(18)10(17)8(6)15/h2-3H,19H2,1H3. The van der Waals surface area contributed by atoms with Crippen LogP contribution in [0.4, 0.5) is 5.69 Å². The predicted octanol–water partition coefficient (Wildman–Crippen LogP) is 5.38. The quantitative estimate of drug-likeness (QED) is 0.417. The van der Waals surface area contributed by atoms with E-state index in [4.69, 9.17) is 68.5 Å². The summed E-state index contributed by atoms with van der Waals surface area (Å²) in [7, 11) is 1.22. The Labute approximate surface area is 151 Å². The number of nitrogens with zero attached hydrogens (tertiary/aromatic N) is 1. The van der Waals surface area contributed by atoms with Crippen LogP contribution in [0.1, 0.15) is 10.4 Å². The van der Waals surface area contributed by atoms with E-state index in [0.717, 1.165) is 0 Å². The molecule has 9 heteroatoms. The molecule has 0 saturated heterocycles. The normalized spacial score (nSPS) is 10.6. The molecule has 4 nitrogen and oxygen atoms in total. The van der Waals surface area contributed by atoms with Gasteiger partial charge < -0.3 is 10.5 Å². The molecule has 0 fully saturated rings. The summed E-state index contributed by atoms with van der Waals surface area (Å²) in [5.41, 5.74) is 6.29. The summed E-state index contributed by atoms with van der Waals surface area (Å²) in [6.45, 7) is 0. The number of methoxy groups -OCH3 is 1. The van der Waals surface area contributed by atoms with Crippen molar-refractivity contribution in [2.24, 2.45) is 0 Å². The number of benzene rings is 1. The molecule has 1 aromatic carbocycles.